The van der Waals surface area contributed by atoms with Gasteiger partial charge in [0.15, 0.2) is 0 Å². The number of nitrogens with zero attached hydrogens (tertiary/aromatic N) is 1. The Balaban J connectivity index is 2.25. The summed E-state index contributed by atoms with van der Waals surface area (Å²) in [5.74, 6) is 1.43. The van der Waals surface area contributed by atoms with Crippen molar-refractivity contribution < 1.29 is 4.74 Å². The minimum absolute atomic E-state index is 0.132. The van der Waals surface area contributed by atoms with Crippen LogP contribution in [-0.4, -0.2) is 7.11 Å². The topological polar surface area (TPSA) is 33.0 Å². The van der Waals surface area contributed by atoms with Crippen molar-refractivity contribution in [1.29, 1.82) is 5.26 Å². The van der Waals surface area contributed by atoms with Crippen molar-refractivity contribution >= 4 is 0 Å². The fourth-order valence-corrected chi connectivity index (χ4v) is 2.56. The molecule has 0 radical (unpaired) electrons. The molecule has 1 fully saturated rings. The van der Waals surface area contributed by atoms with Crippen molar-refractivity contribution in [2.45, 2.75) is 45.4 Å². The van der Waals surface area contributed by atoms with Gasteiger partial charge in [0.1, 0.15) is 5.75 Å². The summed E-state index contributed by atoms with van der Waals surface area (Å²) in [4.78, 5) is 0. The van der Waals surface area contributed by atoms with Gasteiger partial charge in [0.2, 0.25) is 0 Å². The summed E-state index contributed by atoms with van der Waals surface area (Å²) in [7, 11) is 1.71. The second kappa shape index (κ2) is 5.02. The largest absolute Gasteiger partial charge is 0.496 e. The molecule has 0 aromatic heterocycles. The highest BCUT2D eigenvalue weighted by Crippen LogP contribution is 2.44. The summed E-state index contributed by atoms with van der Waals surface area (Å²) >= 11 is 0. The van der Waals surface area contributed by atoms with Crippen molar-refractivity contribution in [3.8, 4) is 11.8 Å². The molecule has 0 heterocycles. The van der Waals surface area contributed by atoms with Crippen LogP contribution in [-0.2, 0) is 6.42 Å². The van der Waals surface area contributed by atoms with Crippen LogP contribution in [0.1, 0.15) is 50.2 Å². The minimum Gasteiger partial charge on any atom is -0.496 e. The van der Waals surface area contributed by atoms with E-state index in [9.17, 15) is 5.26 Å². The zero-order valence-electron chi connectivity index (χ0n) is 11.5. The number of rotatable bonds is 4. The van der Waals surface area contributed by atoms with Crippen LogP contribution in [0.3, 0.4) is 0 Å². The van der Waals surface area contributed by atoms with Gasteiger partial charge in [0, 0.05) is 0 Å². The van der Waals surface area contributed by atoms with Gasteiger partial charge < -0.3 is 4.74 Å². The van der Waals surface area contributed by atoms with E-state index >= 15 is 0 Å². The predicted molar refractivity (Wildman–Crippen MR) is 72.7 cm³/mol. The fraction of sp³-hybridized carbons (Fsp3) is 0.562. The Morgan fingerprint density at radius 1 is 1.39 bits per heavy atom. The number of nitriles is 1. The molecule has 96 valence electrons. The average molecular weight is 243 g/mol. The Kier molecular flexibility index (Phi) is 3.61. The lowest BCUT2D eigenvalue weighted by Crippen LogP contribution is -2.30. The van der Waals surface area contributed by atoms with Crippen LogP contribution in [0.15, 0.2) is 18.2 Å². The van der Waals surface area contributed by atoms with Crippen molar-refractivity contribution in [2.75, 3.05) is 7.11 Å². The third-order valence-corrected chi connectivity index (χ3v) is 4.05. The van der Waals surface area contributed by atoms with Crippen molar-refractivity contribution in [3.05, 3.63) is 29.3 Å². The van der Waals surface area contributed by atoms with Crippen LogP contribution in [0.25, 0.3) is 0 Å². The van der Waals surface area contributed by atoms with E-state index in [1.807, 2.05) is 0 Å². The zero-order chi connectivity index (χ0) is 13.2. The highest BCUT2D eigenvalue weighted by molar-refractivity contribution is 5.40. The van der Waals surface area contributed by atoms with Gasteiger partial charge in [-0.3, -0.25) is 0 Å². The number of ether oxygens (including phenoxy) is 1. The van der Waals surface area contributed by atoms with E-state index < -0.39 is 0 Å². The molecule has 0 spiro atoms. The van der Waals surface area contributed by atoms with E-state index in [1.54, 1.807) is 7.11 Å². The molecule has 1 aromatic rings. The predicted octanol–water partition coefficient (Wildman–Crippen LogP) is 4.05. The first-order valence-electron chi connectivity index (χ1n) is 6.68. The summed E-state index contributed by atoms with van der Waals surface area (Å²) in [6.07, 6.45) is 4.06. The van der Waals surface area contributed by atoms with Crippen LogP contribution < -0.4 is 4.74 Å². The minimum atomic E-state index is -0.132. The first-order valence-corrected chi connectivity index (χ1v) is 6.68. The number of methoxy groups -OCH3 is 1. The molecule has 0 aliphatic heterocycles. The molecule has 0 unspecified atom stereocenters. The summed E-state index contributed by atoms with van der Waals surface area (Å²) in [5, 5.41) is 9.31. The Morgan fingerprint density at radius 3 is 2.56 bits per heavy atom. The maximum Gasteiger partial charge on any atom is 0.122 e. The highest BCUT2D eigenvalue weighted by Gasteiger charge is 2.37. The molecule has 2 rings (SSSR count). The van der Waals surface area contributed by atoms with E-state index in [1.165, 1.54) is 17.5 Å². The van der Waals surface area contributed by atoms with E-state index in [0.717, 1.165) is 25.0 Å². The molecule has 1 aliphatic rings. The van der Waals surface area contributed by atoms with Gasteiger partial charge >= 0.3 is 0 Å². The van der Waals surface area contributed by atoms with Gasteiger partial charge in [-0.15, -0.1) is 0 Å². The SMILES string of the molecule is COc1cc(C(C)C)ccc1CC1(C#N)CCC1. The molecule has 2 heteroatoms. The highest BCUT2D eigenvalue weighted by atomic mass is 16.5. The smallest absolute Gasteiger partial charge is 0.122 e. The van der Waals surface area contributed by atoms with Crippen LogP contribution in [0.4, 0.5) is 0 Å². The number of hydrogen-bond acceptors (Lipinski definition) is 2. The van der Waals surface area contributed by atoms with Crippen LogP contribution in [0.5, 0.6) is 5.75 Å². The normalized spacial score (nSPS) is 17.1. The second-order valence-corrected chi connectivity index (χ2v) is 5.65. The van der Waals surface area contributed by atoms with Crippen molar-refractivity contribution in [2.24, 2.45) is 5.41 Å². The quantitative estimate of drug-likeness (QED) is 0.799. The summed E-state index contributed by atoms with van der Waals surface area (Å²) < 4.78 is 5.49. The Morgan fingerprint density at radius 2 is 2.11 bits per heavy atom. The van der Waals surface area contributed by atoms with Crippen molar-refractivity contribution in [3.63, 3.8) is 0 Å². The monoisotopic (exact) mass is 243 g/mol. The standard InChI is InChI=1S/C16H21NO/c1-12(2)13-5-6-14(15(9-13)18-3)10-16(11-17)7-4-8-16/h5-6,9,12H,4,7-8,10H2,1-3H3. The Bertz CT molecular complexity index is 466. The molecule has 1 saturated carbocycles. The van der Waals surface area contributed by atoms with Gasteiger partial charge in [-0.05, 0) is 42.4 Å². The molecular weight excluding hydrogens is 222 g/mol. The second-order valence-electron chi connectivity index (χ2n) is 5.65. The first-order chi connectivity index (χ1) is 8.60. The molecular formula is C16H21NO. The molecule has 0 atom stereocenters. The molecule has 0 bridgehead atoms. The number of hydrogen-bond donors (Lipinski definition) is 0. The molecule has 0 N–H and O–H groups in total. The lowest BCUT2D eigenvalue weighted by atomic mass is 9.66. The zero-order valence-corrected chi connectivity index (χ0v) is 11.5. The van der Waals surface area contributed by atoms with E-state index in [-0.39, 0.29) is 5.41 Å². The molecule has 2 nitrogen and oxygen atoms in total. The molecule has 1 aromatic carbocycles. The summed E-state index contributed by atoms with van der Waals surface area (Å²) in [6.45, 7) is 4.36. The van der Waals surface area contributed by atoms with Crippen LogP contribution in [0.2, 0.25) is 0 Å². The summed E-state index contributed by atoms with van der Waals surface area (Å²) in [6, 6.07) is 8.90. The number of benzene rings is 1. The summed E-state index contributed by atoms with van der Waals surface area (Å²) in [5.41, 5.74) is 2.32. The maximum atomic E-state index is 9.31. The molecule has 1 aliphatic carbocycles. The lowest BCUT2D eigenvalue weighted by molar-refractivity contribution is 0.212. The van der Waals surface area contributed by atoms with Gasteiger partial charge in [-0.1, -0.05) is 32.4 Å². The van der Waals surface area contributed by atoms with Crippen molar-refractivity contribution in [1.82, 2.24) is 0 Å². The third-order valence-electron chi connectivity index (χ3n) is 4.05. The molecule has 0 amide bonds. The average Bonchev–Trinajstić information content (AvgIpc) is 2.33. The van der Waals surface area contributed by atoms with Crippen LogP contribution in [0, 0.1) is 16.7 Å². The van der Waals surface area contributed by atoms with Gasteiger partial charge in [-0.25, -0.2) is 0 Å². The third kappa shape index (κ3) is 2.36. The fourth-order valence-electron chi connectivity index (χ4n) is 2.56. The van der Waals surface area contributed by atoms with Crippen LogP contribution >= 0.6 is 0 Å². The maximum absolute atomic E-state index is 9.31. The van der Waals surface area contributed by atoms with Gasteiger partial charge in [0.05, 0.1) is 18.6 Å². The molecule has 18 heavy (non-hydrogen) atoms. The Labute approximate surface area is 110 Å². The van der Waals surface area contributed by atoms with Gasteiger partial charge in [0.25, 0.3) is 0 Å². The van der Waals surface area contributed by atoms with Gasteiger partial charge in [-0.2, -0.15) is 5.26 Å². The van der Waals surface area contributed by atoms with E-state index in [4.69, 9.17) is 4.74 Å². The molecule has 0 saturated heterocycles. The Hall–Kier alpha value is -1.49. The van der Waals surface area contributed by atoms with E-state index in [2.05, 4.69) is 38.1 Å². The van der Waals surface area contributed by atoms with E-state index in [0.29, 0.717) is 5.92 Å². The lowest BCUT2D eigenvalue weighted by Gasteiger charge is -2.35. The first kappa shape index (κ1) is 13.0.